The zero-order chi connectivity index (χ0) is 33.3. The number of esters is 1. The number of carbonyl (C=O) groups excluding carboxylic acids is 1. The van der Waals surface area contributed by atoms with Crippen LogP contribution in [-0.2, 0) is 14.3 Å². The normalized spacial score (nSPS) is 11.8. The van der Waals surface area contributed by atoms with Crippen molar-refractivity contribution < 1.29 is 14.3 Å². The highest BCUT2D eigenvalue weighted by Crippen LogP contribution is 2.14. The van der Waals surface area contributed by atoms with E-state index in [2.05, 4.69) is 38.2 Å². The van der Waals surface area contributed by atoms with Gasteiger partial charge in [0.05, 0.1) is 6.61 Å². The molecule has 0 bridgehead atoms. The van der Waals surface area contributed by atoms with Crippen molar-refractivity contribution in [1.82, 2.24) is 0 Å². The number of carbonyl (C=O) groups is 1. The second kappa shape index (κ2) is 41.9. The van der Waals surface area contributed by atoms with E-state index in [4.69, 9.17) is 9.47 Å². The summed E-state index contributed by atoms with van der Waals surface area (Å²) in [5.41, 5.74) is 0. The van der Waals surface area contributed by atoms with Gasteiger partial charge in [-0.15, -0.1) is 0 Å². The second-order valence-electron chi connectivity index (χ2n) is 13.9. The Kier molecular flexibility index (Phi) is 40.9. The highest BCUT2D eigenvalue weighted by atomic mass is 16.7. The summed E-state index contributed by atoms with van der Waals surface area (Å²) < 4.78 is 10.8. The number of rotatable bonds is 39. The summed E-state index contributed by atoms with van der Waals surface area (Å²) in [4.78, 5) is 11.9. The van der Waals surface area contributed by atoms with Gasteiger partial charge in [0.15, 0.2) is 6.79 Å². The van der Waals surface area contributed by atoms with Crippen LogP contribution in [0.3, 0.4) is 0 Å². The average molecular weight is 647 g/mol. The molecular formula is C43H82O3. The summed E-state index contributed by atoms with van der Waals surface area (Å²) in [5.74, 6) is -0.102. The molecule has 0 aromatic carbocycles. The predicted molar refractivity (Wildman–Crippen MR) is 204 cm³/mol. The molecule has 0 aliphatic rings. The molecular weight excluding hydrogens is 564 g/mol. The lowest BCUT2D eigenvalue weighted by atomic mass is 10.1. The highest BCUT2D eigenvalue weighted by Gasteiger charge is 2.03. The van der Waals surface area contributed by atoms with E-state index < -0.39 is 0 Å². The van der Waals surface area contributed by atoms with Crippen molar-refractivity contribution in [3.63, 3.8) is 0 Å². The molecule has 0 N–H and O–H groups in total. The molecule has 0 atom stereocenters. The number of ether oxygens (including phenoxy) is 2. The molecule has 0 unspecified atom stereocenters. The van der Waals surface area contributed by atoms with Crippen molar-refractivity contribution in [3.05, 3.63) is 24.3 Å². The quantitative estimate of drug-likeness (QED) is 0.0288. The molecule has 3 heteroatoms. The summed E-state index contributed by atoms with van der Waals surface area (Å²) in [7, 11) is 0. The first kappa shape index (κ1) is 44.9. The minimum Gasteiger partial charge on any atom is -0.438 e. The molecule has 0 heterocycles. The zero-order valence-electron chi connectivity index (χ0n) is 31.5. The molecule has 0 amide bonds. The SMILES string of the molecule is CCCCCCCCC=CCCCCCCCCCCOCOC(=O)CCCCCCCCCCC/C=C\CCCCCCCC. The number of hydrogen-bond donors (Lipinski definition) is 0. The van der Waals surface area contributed by atoms with Gasteiger partial charge in [0.1, 0.15) is 0 Å². The van der Waals surface area contributed by atoms with Crippen molar-refractivity contribution in [2.45, 2.75) is 232 Å². The summed E-state index contributed by atoms with van der Waals surface area (Å²) in [6, 6.07) is 0. The number of allylic oxidation sites excluding steroid dienone is 4. The lowest BCUT2D eigenvalue weighted by Crippen LogP contribution is -2.08. The van der Waals surface area contributed by atoms with Gasteiger partial charge in [-0.2, -0.15) is 0 Å². The van der Waals surface area contributed by atoms with Crippen molar-refractivity contribution in [2.75, 3.05) is 13.4 Å². The maximum absolute atomic E-state index is 11.9. The van der Waals surface area contributed by atoms with Crippen LogP contribution >= 0.6 is 0 Å². The standard InChI is InChI=1S/C43H82O3/c1-3-5-7-9-11-13-15-17-19-21-23-24-26-28-30-32-34-36-38-40-43(44)46-42-45-41-39-37-35-33-31-29-27-25-22-20-18-16-14-12-10-8-6-4-2/h17-20H,3-16,21-42H2,1-2H3/b19-17-,20-18?. The van der Waals surface area contributed by atoms with Gasteiger partial charge < -0.3 is 9.47 Å². The van der Waals surface area contributed by atoms with Gasteiger partial charge >= 0.3 is 5.97 Å². The van der Waals surface area contributed by atoms with Crippen LogP contribution < -0.4 is 0 Å². The van der Waals surface area contributed by atoms with Crippen molar-refractivity contribution in [2.24, 2.45) is 0 Å². The van der Waals surface area contributed by atoms with Crippen LogP contribution in [0, 0.1) is 0 Å². The fraction of sp³-hybridized carbons (Fsp3) is 0.884. The predicted octanol–water partition coefficient (Wildman–Crippen LogP) is 14.9. The van der Waals surface area contributed by atoms with Gasteiger partial charge in [-0.3, -0.25) is 4.79 Å². The summed E-state index contributed by atoms with van der Waals surface area (Å²) in [6.45, 7) is 5.39. The lowest BCUT2D eigenvalue weighted by molar-refractivity contribution is -0.156. The van der Waals surface area contributed by atoms with E-state index in [1.807, 2.05) is 0 Å². The Labute approximate surface area is 289 Å². The Bertz CT molecular complexity index is 626. The first-order valence-corrected chi connectivity index (χ1v) is 20.8. The summed E-state index contributed by atoms with van der Waals surface area (Å²) in [5, 5.41) is 0. The van der Waals surface area contributed by atoms with E-state index in [1.54, 1.807) is 0 Å². The molecule has 0 aliphatic carbocycles. The van der Waals surface area contributed by atoms with Crippen LogP contribution in [0.15, 0.2) is 24.3 Å². The van der Waals surface area contributed by atoms with E-state index in [0.717, 1.165) is 19.3 Å². The minimum absolute atomic E-state index is 0.102. The monoisotopic (exact) mass is 647 g/mol. The van der Waals surface area contributed by atoms with E-state index in [-0.39, 0.29) is 12.8 Å². The first-order chi connectivity index (χ1) is 22.8. The van der Waals surface area contributed by atoms with Crippen LogP contribution in [0.5, 0.6) is 0 Å². The Balaban J connectivity index is 3.20. The number of unbranched alkanes of at least 4 members (excludes halogenated alkanes) is 29. The third kappa shape index (κ3) is 40.9. The van der Waals surface area contributed by atoms with Crippen LogP contribution in [-0.4, -0.2) is 19.4 Å². The van der Waals surface area contributed by atoms with Gasteiger partial charge in [0.2, 0.25) is 0 Å². The van der Waals surface area contributed by atoms with Crippen LogP contribution in [0.2, 0.25) is 0 Å². The van der Waals surface area contributed by atoms with E-state index in [9.17, 15) is 4.79 Å². The highest BCUT2D eigenvalue weighted by molar-refractivity contribution is 5.69. The van der Waals surface area contributed by atoms with E-state index >= 15 is 0 Å². The van der Waals surface area contributed by atoms with Crippen molar-refractivity contribution in [3.8, 4) is 0 Å². The molecule has 0 saturated carbocycles. The van der Waals surface area contributed by atoms with Gasteiger partial charge in [0.25, 0.3) is 0 Å². The van der Waals surface area contributed by atoms with Crippen LogP contribution in [0.25, 0.3) is 0 Å². The van der Waals surface area contributed by atoms with Gasteiger partial charge in [-0.05, 0) is 64.2 Å². The number of hydrogen-bond acceptors (Lipinski definition) is 3. The molecule has 0 aliphatic heterocycles. The average Bonchev–Trinajstić information content (AvgIpc) is 3.06. The van der Waals surface area contributed by atoms with E-state index in [1.165, 1.54) is 193 Å². The molecule has 0 rings (SSSR count). The smallest absolute Gasteiger partial charge is 0.307 e. The molecule has 0 radical (unpaired) electrons. The topological polar surface area (TPSA) is 35.5 Å². The van der Waals surface area contributed by atoms with Crippen LogP contribution in [0.1, 0.15) is 232 Å². The fourth-order valence-electron chi connectivity index (χ4n) is 6.09. The van der Waals surface area contributed by atoms with Crippen molar-refractivity contribution in [1.29, 1.82) is 0 Å². The largest absolute Gasteiger partial charge is 0.438 e. The molecule has 272 valence electrons. The summed E-state index contributed by atoms with van der Waals surface area (Å²) in [6.07, 6.45) is 53.7. The Hall–Kier alpha value is -1.09. The van der Waals surface area contributed by atoms with Crippen LogP contribution in [0.4, 0.5) is 0 Å². The Morgan fingerprint density at radius 2 is 0.696 bits per heavy atom. The van der Waals surface area contributed by atoms with Gasteiger partial charge in [0, 0.05) is 6.42 Å². The zero-order valence-corrected chi connectivity index (χ0v) is 31.5. The Morgan fingerprint density at radius 1 is 0.391 bits per heavy atom. The second-order valence-corrected chi connectivity index (χ2v) is 13.9. The third-order valence-corrected chi connectivity index (χ3v) is 9.25. The van der Waals surface area contributed by atoms with E-state index in [0.29, 0.717) is 13.0 Å². The minimum atomic E-state index is -0.102. The maximum atomic E-state index is 11.9. The molecule has 0 fully saturated rings. The third-order valence-electron chi connectivity index (χ3n) is 9.25. The summed E-state index contributed by atoms with van der Waals surface area (Å²) >= 11 is 0. The van der Waals surface area contributed by atoms with Crippen molar-refractivity contribution >= 4 is 5.97 Å². The van der Waals surface area contributed by atoms with Gasteiger partial charge in [-0.25, -0.2) is 0 Å². The van der Waals surface area contributed by atoms with Gasteiger partial charge in [-0.1, -0.05) is 186 Å². The molecule has 0 aromatic heterocycles. The molecule has 0 saturated heterocycles. The fourth-order valence-corrected chi connectivity index (χ4v) is 6.09. The lowest BCUT2D eigenvalue weighted by Gasteiger charge is -2.06. The maximum Gasteiger partial charge on any atom is 0.307 e. The molecule has 3 nitrogen and oxygen atoms in total. The molecule has 0 spiro atoms. The molecule has 46 heavy (non-hydrogen) atoms. The Morgan fingerprint density at radius 3 is 1.07 bits per heavy atom. The molecule has 0 aromatic rings. The first-order valence-electron chi connectivity index (χ1n) is 20.8.